The van der Waals surface area contributed by atoms with Crippen LogP contribution in [0, 0.1) is 5.92 Å². The summed E-state index contributed by atoms with van der Waals surface area (Å²) in [5.41, 5.74) is 1.20. The van der Waals surface area contributed by atoms with Gasteiger partial charge in [-0.3, -0.25) is 4.99 Å². The number of nitrogens with one attached hydrogen (secondary N) is 2. The zero-order valence-electron chi connectivity index (χ0n) is 13.2. The van der Waals surface area contributed by atoms with Crippen LogP contribution in [-0.4, -0.2) is 43.6 Å². The van der Waals surface area contributed by atoms with E-state index in [2.05, 4.69) is 20.5 Å². The number of aliphatic imine (C=N–C) groups is 1. The molecule has 1 heterocycles. The average molecular weight is 321 g/mol. The second kappa shape index (κ2) is 7.34. The molecular weight excluding hydrogens is 296 g/mol. The van der Waals surface area contributed by atoms with Gasteiger partial charge in [0, 0.05) is 37.7 Å². The fraction of sp³-hybridized carbons (Fsp3) is 0.588. The fourth-order valence-electron chi connectivity index (χ4n) is 3.05. The van der Waals surface area contributed by atoms with Crippen LogP contribution in [0.2, 0.25) is 5.02 Å². The molecule has 2 N–H and O–H groups in total. The van der Waals surface area contributed by atoms with Crippen LogP contribution < -0.4 is 10.6 Å². The number of rotatable bonds is 5. The minimum Gasteiger partial charge on any atom is -0.356 e. The molecule has 0 bridgehead atoms. The summed E-state index contributed by atoms with van der Waals surface area (Å²) in [4.78, 5) is 6.95. The summed E-state index contributed by atoms with van der Waals surface area (Å²) in [7, 11) is 1.82. The molecule has 1 aromatic carbocycles. The molecule has 0 radical (unpaired) electrons. The van der Waals surface area contributed by atoms with E-state index in [0.717, 1.165) is 36.0 Å². The van der Waals surface area contributed by atoms with E-state index >= 15 is 0 Å². The SMILES string of the molecule is CN=C(NCc1ccc(Cl)cc1)NCC1CCN(C2CC2)C1. The fourth-order valence-corrected chi connectivity index (χ4v) is 3.18. The number of benzene rings is 1. The van der Waals surface area contributed by atoms with Gasteiger partial charge in [-0.2, -0.15) is 0 Å². The van der Waals surface area contributed by atoms with Crippen LogP contribution in [-0.2, 0) is 6.54 Å². The third-order valence-corrected chi connectivity index (χ3v) is 4.79. The molecule has 1 saturated carbocycles. The largest absolute Gasteiger partial charge is 0.356 e. The Morgan fingerprint density at radius 3 is 2.68 bits per heavy atom. The summed E-state index contributed by atoms with van der Waals surface area (Å²) < 4.78 is 0. The molecule has 22 heavy (non-hydrogen) atoms. The maximum atomic E-state index is 5.90. The molecule has 2 aliphatic rings. The van der Waals surface area contributed by atoms with Gasteiger partial charge in [-0.25, -0.2) is 0 Å². The summed E-state index contributed by atoms with van der Waals surface area (Å²) in [5.74, 6) is 1.62. The molecule has 0 amide bonds. The first-order chi connectivity index (χ1) is 10.7. The van der Waals surface area contributed by atoms with E-state index in [9.17, 15) is 0 Å². The van der Waals surface area contributed by atoms with Crippen molar-refractivity contribution in [2.75, 3.05) is 26.7 Å². The van der Waals surface area contributed by atoms with Crippen LogP contribution in [0.5, 0.6) is 0 Å². The van der Waals surface area contributed by atoms with Crippen molar-refractivity contribution in [2.24, 2.45) is 10.9 Å². The minimum atomic E-state index is 0.745. The molecule has 2 fully saturated rings. The van der Waals surface area contributed by atoms with Gasteiger partial charge in [0.05, 0.1) is 0 Å². The highest BCUT2D eigenvalue weighted by Crippen LogP contribution is 2.31. The zero-order valence-corrected chi connectivity index (χ0v) is 13.9. The molecule has 1 aliphatic carbocycles. The van der Waals surface area contributed by atoms with Crippen molar-refractivity contribution in [1.29, 1.82) is 0 Å². The Kier molecular flexibility index (Phi) is 5.21. The third kappa shape index (κ3) is 4.37. The highest BCUT2D eigenvalue weighted by Gasteiger charge is 2.34. The topological polar surface area (TPSA) is 39.7 Å². The van der Waals surface area contributed by atoms with E-state index in [-0.39, 0.29) is 0 Å². The number of hydrogen-bond donors (Lipinski definition) is 2. The highest BCUT2D eigenvalue weighted by atomic mass is 35.5. The van der Waals surface area contributed by atoms with Crippen LogP contribution in [0.1, 0.15) is 24.8 Å². The molecule has 1 saturated heterocycles. The lowest BCUT2D eigenvalue weighted by molar-refractivity contribution is 0.314. The lowest BCUT2D eigenvalue weighted by Crippen LogP contribution is -2.40. The summed E-state index contributed by atoms with van der Waals surface area (Å²) in [5, 5.41) is 7.59. The lowest BCUT2D eigenvalue weighted by Gasteiger charge is -2.17. The van der Waals surface area contributed by atoms with E-state index in [4.69, 9.17) is 11.6 Å². The van der Waals surface area contributed by atoms with Crippen molar-refractivity contribution in [3.05, 3.63) is 34.9 Å². The van der Waals surface area contributed by atoms with Gasteiger partial charge in [0.15, 0.2) is 5.96 Å². The maximum absolute atomic E-state index is 5.90. The molecule has 0 spiro atoms. The van der Waals surface area contributed by atoms with Crippen LogP contribution in [0.3, 0.4) is 0 Å². The number of likely N-dealkylation sites (tertiary alicyclic amines) is 1. The molecule has 120 valence electrons. The maximum Gasteiger partial charge on any atom is 0.191 e. The molecule has 5 heteroatoms. The first kappa shape index (κ1) is 15.6. The standard InChI is InChI=1S/C17H25ClN4/c1-19-17(20-10-13-2-4-15(18)5-3-13)21-11-14-8-9-22(12-14)16-6-7-16/h2-5,14,16H,6-12H2,1H3,(H2,19,20,21). The summed E-state index contributed by atoms with van der Waals surface area (Å²) in [6, 6.07) is 8.80. The van der Waals surface area contributed by atoms with Gasteiger partial charge in [0.2, 0.25) is 0 Å². The van der Waals surface area contributed by atoms with Gasteiger partial charge in [-0.1, -0.05) is 23.7 Å². The quantitative estimate of drug-likeness (QED) is 0.647. The van der Waals surface area contributed by atoms with E-state index in [0.29, 0.717) is 0 Å². The molecule has 4 nitrogen and oxygen atoms in total. The summed E-state index contributed by atoms with van der Waals surface area (Å²) >= 11 is 5.90. The first-order valence-corrected chi connectivity index (χ1v) is 8.55. The predicted molar refractivity (Wildman–Crippen MR) is 92.4 cm³/mol. The Hall–Kier alpha value is -1.26. The number of hydrogen-bond acceptors (Lipinski definition) is 2. The number of guanidine groups is 1. The van der Waals surface area contributed by atoms with Gasteiger partial charge in [-0.15, -0.1) is 0 Å². The zero-order chi connectivity index (χ0) is 15.4. The minimum absolute atomic E-state index is 0.745. The van der Waals surface area contributed by atoms with E-state index in [1.54, 1.807) is 0 Å². The van der Waals surface area contributed by atoms with Crippen LogP contribution in [0.15, 0.2) is 29.3 Å². The molecular formula is C17H25ClN4. The normalized spacial score (nSPS) is 22.8. The molecule has 3 rings (SSSR count). The van der Waals surface area contributed by atoms with Crippen molar-refractivity contribution in [1.82, 2.24) is 15.5 Å². The van der Waals surface area contributed by atoms with Crippen LogP contribution in [0.4, 0.5) is 0 Å². The van der Waals surface area contributed by atoms with Gasteiger partial charge in [0.25, 0.3) is 0 Å². The summed E-state index contributed by atoms with van der Waals surface area (Å²) in [6.07, 6.45) is 4.12. The Balaban J connectivity index is 1.39. The predicted octanol–water partition coefficient (Wildman–Crippen LogP) is 2.49. The average Bonchev–Trinajstić information content (AvgIpc) is 3.28. The molecule has 1 aromatic rings. The summed E-state index contributed by atoms with van der Waals surface area (Å²) in [6.45, 7) is 4.28. The molecule has 1 atom stereocenters. The lowest BCUT2D eigenvalue weighted by atomic mass is 10.1. The van der Waals surface area contributed by atoms with E-state index in [1.165, 1.54) is 37.9 Å². The van der Waals surface area contributed by atoms with Crippen molar-refractivity contribution in [3.8, 4) is 0 Å². The molecule has 1 unspecified atom stereocenters. The van der Waals surface area contributed by atoms with Gasteiger partial charge < -0.3 is 15.5 Å². The third-order valence-electron chi connectivity index (χ3n) is 4.54. The second-order valence-electron chi connectivity index (χ2n) is 6.31. The Bertz CT molecular complexity index is 510. The Morgan fingerprint density at radius 1 is 1.23 bits per heavy atom. The van der Waals surface area contributed by atoms with Crippen molar-refractivity contribution < 1.29 is 0 Å². The monoisotopic (exact) mass is 320 g/mol. The van der Waals surface area contributed by atoms with Gasteiger partial charge in [0.1, 0.15) is 0 Å². The van der Waals surface area contributed by atoms with Crippen molar-refractivity contribution in [2.45, 2.75) is 31.8 Å². The number of halogens is 1. The van der Waals surface area contributed by atoms with Gasteiger partial charge in [-0.05, 0) is 49.4 Å². The van der Waals surface area contributed by atoms with E-state index in [1.807, 2.05) is 31.3 Å². The van der Waals surface area contributed by atoms with Crippen LogP contribution in [0.25, 0.3) is 0 Å². The first-order valence-electron chi connectivity index (χ1n) is 8.17. The molecule has 0 aromatic heterocycles. The van der Waals surface area contributed by atoms with Crippen LogP contribution >= 0.6 is 11.6 Å². The second-order valence-corrected chi connectivity index (χ2v) is 6.75. The highest BCUT2D eigenvalue weighted by molar-refractivity contribution is 6.30. The van der Waals surface area contributed by atoms with Gasteiger partial charge >= 0.3 is 0 Å². The van der Waals surface area contributed by atoms with Crippen molar-refractivity contribution >= 4 is 17.6 Å². The van der Waals surface area contributed by atoms with Crippen molar-refractivity contribution in [3.63, 3.8) is 0 Å². The number of nitrogens with zero attached hydrogens (tertiary/aromatic N) is 2. The smallest absolute Gasteiger partial charge is 0.191 e. The van der Waals surface area contributed by atoms with E-state index < -0.39 is 0 Å². The molecule has 1 aliphatic heterocycles. The Morgan fingerprint density at radius 2 is 2.00 bits per heavy atom. The Labute approximate surface area is 137 Å².